The standard InChI is InChI=1S/C52H92O6/c1-4-7-10-13-16-19-22-24-26-28-30-33-36-39-42-45-51(54)57-48-49(47-56-50(53)44-41-38-35-32-29-21-18-15-12-9-6-3)58-52(55)46-43-40-37-34-31-27-25-23-20-17-14-11-8-5-2/h7,10,13,15-16,18-19,22,49H,4-6,8-9,11-12,14,17,20-21,23-48H2,1-3H3/b10-7-,16-13-,18-15-,22-19-. The van der Waals surface area contributed by atoms with Crippen molar-refractivity contribution in [3.05, 3.63) is 48.6 Å². The third-order valence-corrected chi connectivity index (χ3v) is 10.6. The van der Waals surface area contributed by atoms with Crippen LogP contribution >= 0.6 is 0 Å². The van der Waals surface area contributed by atoms with E-state index >= 15 is 0 Å². The van der Waals surface area contributed by atoms with Gasteiger partial charge >= 0.3 is 17.9 Å². The second-order valence-electron chi connectivity index (χ2n) is 16.4. The number of hydrogen-bond acceptors (Lipinski definition) is 6. The van der Waals surface area contributed by atoms with E-state index in [9.17, 15) is 14.4 Å². The van der Waals surface area contributed by atoms with Gasteiger partial charge in [0, 0.05) is 19.3 Å². The Morgan fingerprint density at radius 3 is 1.14 bits per heavy atom. The van der Waals surface area contributed by atoms with Crippen LogP contribution in [-0.2, 0) is 28.6 Å². The Balaban J connectivity index is 4.37. The quantitative estimate of drug-likeness (QED) is 0.0200. The van der Waals surface area contributed by atoms with Gasteiger partial charge in [-0.25, -0.2) is 0 Å². The van der Waals surface area contributed by atoms with Crippen LogP contribution in [0.4, 0.5) is 0 Å². The highest BCUT2D eigenvalue weighted by Gasteiger charge is 2.19. The molecule has 0 aromatic carbocycles. The Bertz CT molecular complexity index is 1030. The fourth-order valence-electron chi connectivity index (χ4n) is 6.89. The van der Waals surface area contributed by atoms with Gasteiger partial charge in [-0.05, 0) is 57.8 Å². The molecule has 6 nitrogen and oxygen atoms in total. The maximum Gasteiger partial charge on any atom is 0.306 e. The van der Waals surface area contributed by atoms with E-state index < -0.39 is 6.10 Å². The minimum atomic E-state index is -0.777. The minimum Gasteiger partial charge on any atom is -0.462 e. The van der Waals surface area contributed by atoms with Crippen molar-refractivity contribution >= 4 is 17.9 Å². The monoisotopic (exact) mass is 813 g/mol. The van der Waals surface area contributed by atoms with Crippen molar-refractivity contribution in [2.24, 2.45) is 0 Å². The summed E-state index contributed by atoms with van der Waals surface area (Å²) in [5.74, 6) is -0.895. The number of ether oxygens (including phenoxy) is 3. The second kappa shape index (κ2) is 47.1. The summed E-state index contributed by atoms with van der Waals surface area (Å²) in [6.45, 7) is 6.46. The molecule has 0 radical (unpaired) electrons. The smallest absolute Gasteiger partial charge is 0.306 e. The number of esters is 3. The number of allylic oxidation sites excluding steroid dienone is 8. The molecular weight excluding hydrogens is 721 g/mol. The molecule has 336 valence electrons. The molecule has 0 aliphatic rings. The van der Waals surface area contributed by atoms with Gasteiger partial charge in [-0.3, -0.25) is 14.4 Å². The molecule has 1 atom stereocenters. The summed E-state index contributed by atoms with van der Waals surface area (Å²) < 4.78 is 16.7. The van der Waals surface area contributed by atoms with Crippen LogP contribution in [0.2, 0.25) is 0 Å². The first-order valence-corrected chi connectivity index (χ1v) is 24.7. The van der Waals surface area contributed by atoms with Gasteiger partial charge in [0.05, 0.1) is 0 Å². The molecule has 0 N–H and O–H groups in total. The lowest BCUT2D eigenvalue weighted by atomic mass is 10.0. The van der Waals surface area contributed by atoms with E-state index in [2.05, 4.69) is 69.4 Å². The molecule has 0 saturated heterocycles. The van der Waals surface area contributed by atoms with Crippen molar-refractivity contribution < 1.29 is 28.6 Å². The Hall–Kier alpha value is -2.63. The first-order chi connectivity index (χ1) is 28.5. The number of rotatable bonds is 44. The van der Waals surface area contributed by atoms with Crippen LogP contribution in [0, 0.1) is 0 Å². The average Bonchev–Trinajstić information content (AvgIpc) is 3.22. The maximum absolute atomic E-state index is 12.8. The van der Waals surface area contributed by atoms with Crippen molar-refractivity contribution in [2.75, 3.05) is 13.2 Å². The summed E-state index contributed by atoms with van der Waals surface area (Å²) in [7, 11) is 0. The van der Waals surface area contributed by atoms with E-state index in [1.165, 1.54) is 128 Å². The molecule has 1 unspecified atom stereocenters. The second-order valence-corrected chi connectivity index (χ2v) is 16.4. The fourth-order valence-corrected chi connectivity index (χ4v) is 6.89. The first kappa shape index (κ1) is 55.4. The van der Waals surface area contributed by atoms with Crippen LogP contribution in [-0.4, -0.2) is 37.2 Å². The molecule has 0 aromatic heterocycles. The molecule has 0 spiro atoms. The molecule has 0 bridgehead atoms. The fraction of sp³-hybridized carbons (Fsp3) is 0.788. The predicted molar refractivity (Wildman–Crippen MR) is 247 cm³/mol. The average molecular weight is 813 g/mol. The van der Waals surface area contributed by atoms with Crippen molar-refractivity contribution in [1.29, 1.82) is 0 Å². The van der Waals surface area contributed by atoms with E-state index in [-0.39, 0.29) is 31.1 Å². The first-order valence-electron chi connectivity index (χ1n) is 24.7. The summed E-state index contributed by atoms with van der Waals surface area (Å²) in [4.78, 5) is 37.9. The molecular formula is C52H92O6. The molecule has 0 rings (SSSR count). The van der Waals surface area contributed by atoms with E-state index in [1.807, 2.05) is 0 Å². The molecule has 0 amide bonds. The summed E-state index contributed by atoms with van der Waals surface area (Å²) >= 11 is 0. The zero-order valence-electron chi connectivity index (χ0n) is 38.3. The Morgan fingerprint density at radius 1 is 0.362 bits per heavy atom. The molecule has 0 aliphatic heterocycles. The van der Waals surface area contributed by atoms with Crippen molar-refractivity contribution in [1.82, 2.24) is 0 Å². The van der Waals surface area contributed by atoms with E-state index in [0.717, 1.165) is 77.0 Å². The van der Waals surface area contributed by atoms with Crippen molar-refractivity contribution in [2.45, 2.75) is 252 Å². The van der Waals surface area contributed by atoms with Crippen LogP contribution in [0.3, 0.4) is 0 Å². The molecule has 0 fully saturated rings. The lowest BCUT2D eigenvalue weighted by Gasteiger charge is -2.18. The SMILES string of the molecule is CC\C=C/C=C\C=C/CCCCCCCCCC(=O)OCC(COC(=O)CCCCCCC/C=C\CCCC)OC(=O)CCCCCCCCCCCCCCCC. The summed E-state index contributed by atoms with van der Waals surface area (Å²) in [5, 5.41) is 0. The van der Waals surface area contributed by atoms with Gasteiger partial charge in [0.2, 0.25) is 0 Å². The summed E-state index contributed by atoms with van der Waals surface area (Å²) in [6.07, 6.45) is 55.2. The summed E-state index contributed by atoms with van der Waals surface area (Å²) in [5.41, 5.74) is 0. The predicted octanol–water partition coefficient (Wildman–Crippen LogP) is 15.9. The third-order valence-electron chi connectivity index (χ3n) is 10.6. The van der Waals surface area contributed by atoms with Gasteiger partial charge in [-0.1, -0.05) is 217 Å². The number of carbonyl (C=O) groups is 3. The summed E-state index contributed by atoms with van der Waals surface area (Å²) in [6, 6.07) is 0. The lowest BCUT2D eigenvalue weighted by Crippen LogP contribution is -2.30. The Morgan fingerprint density at radius 2 is 0.707 bits per heavy atom. The third kappa shape index (κ3) is 44.5. The van der Waals surface area contributed by atoms with E-state index in [4.69, 9.17) is 14.2 Å². The van der Waals surface area contributed by atoms with Crippen LogP contribution in [0.25, 0.3) is 0 Å². The van der Waals surface area contributed by atoms with Crippen LogP contribution < -0.4 is 0 Å². The number of unbranched alkanes of at least 4 members (excludes halogenated alkanes) is 27. The van der Waals surface area contributed by atoms with Gasteiger partial charge in [0.25, 0.3) is 0 Å². The highest BCUT2D eigenvalue weighted by atomic mass is 16.6. The number of hydrogen-bond donors (Lipinski definition) is 0. The Kier molecular flexibility index (Phi) is 44.9. The highest BCUT2D eigenvalue weighted by Crippen LogP contribution is 2.15. The van der Waals surface area contributed by atoms with Gasteiger partial charge in [0.1, 0.15) is 13.2 Å². The normalized spacial score (nSPS) is 12.4. The lowest BCUT2D eigenvalue weighted by molar-refractivity contribution is -0.167. The van der Waals surface area contributed by atoms with Crippen molar-refractivity contribution in [3.63, 3.8) is 0 Å². The molecule has 6 heteroatoms. The van der Waals surface area contributed by atoms with Gasteiger partial charge in [-0.2, -0.15) is 0 Å². The minimum absolute atomic E-state index is 0.0796. The molecule has 0 saturated carbocycles. The van der Waals surface area contributed by atoms with Gasteiger partial charge < -0.3 is 14.2 Å². The van der Waals surface area contributed by atoms with Crippen LogP contribution in [0.5, 0.6) is 0 Å². The number of carbonyl (C=O) groups excluding carboxylic acids is 3. The van der Waals surface area contributed by atoms with Gasteiger partial charge in [0.15, 0.2) is 6.10 Å². The largest absolute Gasteiger partial charge is 0.462 e. The topological polar surface area (TPSA) is 78.9 Å². The Labute approximate surface area is 358 Å². The van der Waals surface area contributed by atoms with Gasteiger partial charge in [-0.15, -0.1) is 0 Å². The maximum atomic E-state index is 12.8. The molecule has 0 aliphatic carbocycles. The van der Waals surface area contributed by atoms with Crippen LogP contribution in [0.1, 0.15) is 245 Å². The van der Waals surface area contributed by atoms with Crippen LogP contribution in [0.15, 0.2) is 48.6 Å². The zero-order valence-corrected chi connectivity index (χ0v) is 38.3. The molecule has 0 aromatic rings. The van der Waals surface area contributed by atoms with E-state index in [0.29, 0.717) is 19.3 Å². The zero-order chi connectivity index (χ0) is 42.3. The molecule has 0 heterocycles. The van der Waals surface area contributed by atoms with E-state index in [1.54, 1.807) is 0 Å². The molecule has 58 heavy (non-hydrogen) atoms. The highest BCUT2D eigenvalue weighted by molar-refractivity contribution is 5.71. The van der Waals surface area contributed by atoms with Crippen molar-refractivity contribution in [3.8, 4) is 0 Å².